The highest BCUT2D eigenvalue weighted by Gasteiger charge is 2.03. The molecule has 0 heterocycles. The summed E-state index contributed by atoms with van der Waals surface area (Å²) in [5, 5.41) is 26.9. The fourth-order valence-corrected chi connectivity index (χ4v) is 1.37. The molecular formula is C13H20O4. The van der Waals surface area contributed by atoms with Crippen LogP contribution in [0.2, 0.25) is 0 Å². The van der Waals surface area contributed by atoms with E-state index in [-0.39, 0.29) is 19.3 Å². The molecule has 17 heavy (non-hydrogen) atoms. The summed E-state index contributed by atoms with van der Waals surface area (Å²) < 4.78 is 5.28. The first kappa shape index (κ1) is 14.0. The average molecular weight is 240 g/mol. The Hall–Kier alpha value is -1.10. The molecule has 0 aliphatic heterocycles. The highest BCUT2D eigenvalue weighted by molar-refractivity contribution is 5.27. The van der Waals surface area contributed by atoms with Crippen LogP contribution in [0.25, 0.3) is 0 Å². The SMILES string of the molecule is CC(O)CCc1ccc(OCC(O)CO)cc1. The van der Waals surface area contributed by atoms with Crippen molar-refractivity contribution in [3.8, 4) is 5.75 Å². The molecule has 0 saturated carbocycles. The Kier molecular flexibility index (Phi) is 5.97. The molecule has 3 N–H and O–H groups in total. The van der Waals surface area contributed by atoms with E-state index in [0.717, 1.165) is 18.4 Å². The number of aliphatic hydroxyl groups is 3. The van der Waals surface area contributed by atoms with Crippen LogP contribution >= 0.6 is 0 Å². The molecule has 1 aromatic rings. The molecular weight excluding hydrogens is 220 g/mol. The second-order valence-electron chi connectivity index (χ2n) is 4.18. The van der Waals surface area contributed by atoms with Gasteiger partial charge in [0.25, 0.3) is 0 Å². The van der Waals surface area contributed by atoms with Crippen LogP contribution in [0.1, 0.15) is 18.9 Å². The van der Waals surface area contributed by atoms with Crippen molar-refractivity contribution < 1.29 is 20.1 Å². The fourth-order valence-electron chi connectivity index (χ4n) is 1.37. The lowest BCUT2D eigenvalue weighted by atomic mass is 10.1. The van der Waals surface area contributed by atoms with Crippen LogP contribution in [0.5, 0.6) is 5.75 Å². The van der Waals surface area contributed by atoms with Crippen molar-refractivity contribution in [2.45, 2.75) is 32.0 Å². The van der Waals surface area contributed by atoms with Crippen molar-refractivity contribution in [2.24, 2.45) is 0 Å². The number of ether oxygens (including phenoxy) is 1. The lowest BCUT2D eigenvalue weighted by Crippen LogP contribution is -2.21. The Morgan fingerprint density at radius 1 is 1.18 bits per heavy atom. The van der Waals surface area contributed by atoms with Crippen LogP contribution in [0.3, 0.4) is 0 Å². The van der Waals surface area contributed by atoms with E-state index in [2.05, 4.69) is 0 Å². The van der Waals surface area contributed by atoms with Crippen LogP contribution < -0.4 is 4.74 Å². The van der Waals surface area contributed by atoms with Gasteiger partial charge in [0.1, 0.15) is 18.5 Å². The minimum absolute atomic E-state index is 0.0868. The van der Waals surface area contributed by atoms with Crippen molar-refractivity contribution >= 4 is 0 Å². The van der Waals surface area contributed by atoms with Crippen molar-refractivity contribution in [3.05, 3.63) is 29.8 Å². The first-order valence-corrected chi connectivity index (χ1v) is 5.80. The standard InChI is InChI=1S/C13H20O4/c1-10(15)2-3-11-4-6-13(7-5-11)17-9-12(16)8-14/h4-7,10,12,14-16H,2-3,8-9H2,1H3. The quantitative estimate of drug-likeness (QED) is 0.657. The highest BCUT2D eigenvalue weighted by Crippen LogP contribution is 2.14. The molecule has 0 aromatic heterocycles. The van der Waals surface area contributed by atoms with Crippen LogP contribution in [-0.4, -0.2) is 40.7 Å². The predicted molar refractivity (Wildman–Crippen MR) is 65.0 cm³/mol. The molecule has 2 unspecified atom stereocenters. The minimum Gasteiger partial charge on any atom is -0.491 e. The number of benzene rings is 1. The summed E-state index contributed by atoms with van der Waals surface area (Å²) in [6.45, 7) is 1.56. The summed E-state index contributed by atoms with van der Waals surface area (Å²) in [7, 11) is 0. The summed E-state index contributed by atoms with van der Waals surface area (Å²) in [5.41, 5.74) is 1.14. The van der Waals surface area contributed by atoms with E-state index in [4.69, 9.17) is 20.1 Å². The van der Waals surface area contributed by atoms with E-state index >= 15 is 0 Å². The maximum atomic E-state index is 9.16. The van der Waals surface area contributed by atoms with E-state index in [0.29, 0.717) is 5.75 Å². The molecule has 0 bridgehead atoms. The monoisotopic (exact) mass is 240 g/mol. The maximum absolute atomic E-state index is 9.16. The van der Waals surface area contributed by atoms with E-state index in [9.17, 15) is 0 Å². The van der Waals surface area contributed by atoms with Gasteiger partial charge in [0.05, 0.1) is 12.7 Å². The molecule has 1 rings (SSSR count). The van der Waals surface area contributed by atoms with Gasteiger partial charge in [0.15, 0.2) is 0 Å². The molecule has 0 aliphatic rings. The number of rotatable bonds is 7. The largest absolute Gasteiger partial charge is 0.491 e. The van der Waals surface area contributed by atoms with Gasteiger partial charge in [-0.15, -0.1) is 0 Å². The van der Waals surface area contributed by atoms with Gasteiger partial charge in [0, 0.05) is 0 Å². The smallest absolute Gasteiger partial charge is 0.119 e. The van der Waals surface area contributed by atoms with E-state index in [1.54, 1.807) is 6.92 Å². The van der Waals surface area contributed by atoms with Crippen LogP contribution in [0.4, 0.5) is 0 Å². The normalized spacial score (nSPS) is 14.4. The van der Waals surface area contributed by atoms with Gasteiger partial charge in [0.2, 0.25) is 0 Å². The van der Waals surface area contributed by atoms with Gasteiger partial charge >= 0.3 is 0 Å². The number of aliphatic hydroxyl groups excluding tert-OH is 3. The van der Waals surface area contributed by atoms with Gasteiger partial charge in [-0.25, -0.2) is 0 Å². The van der Waals surface area contributed by atoms with Gasteiger partial charge < -0.3 is 20.1 Å². The highest BCUT2D eigenvalue weighted by atomic mass is 16.5. The van der Waals surface area contributed by atoms with Crippen LogP contribution in [-0.2, 0) is 6.42 Å². The van der Waals surface area contributed by atoms with Gasteiger partial charge in [-0.2, -0.15) is 0 Å². The Labute approximate surface area is 101 Å². The van der Waals surface area contributed by atoms with Crippen LogP contribution in [0, 0.1) is 0 Å². The summed E-state index contributed by atoms with van der Waals surface area (Å²) in [6.07, 6.45) is 0.441. The summed E-state index contributed by atoms with van der Waals surface area (Å²) >= 11 is 0. The molecule has 0 spiro atoms. The Morgan fingerprint density at radius 3 is 2.35 bits per heavy atom. The Bertz CT molecular complexity index is 308. The zero-order valence-electron chi connectivity index (χ0n) is 10.0. The van der Waals surface area contributed by atoms with E-state index < -0.39 is 6.10 Å². The van der Waals surface area contributed by atoms with E-state index in [1.807, 2.05) is 24.3 Å². The van der Waals surface area contributed by atoms with Crippen LogP contribution in [0.15, 0.2) is 24.3 Å². The third-order valence-electron chi connectivity index (χ3n) is 2.43. The molecule has 0 saturated heterocycles. The zero-order chi connectivity index (χ0) is 12.7. The number of hydrogen-bond acceptors (Lipinski definition) is 4. The van der Waals surface area contributed by atoms with E-state index in [1.165, 1.54) is 0 Å². The number of hydrogen-bond donors (Lipinski definition) is 3. The molecule has 4 nitrogen and oxygen atoms in total. The summed E-state index contributed by atoms with van der Waals surface area (Å²) in [4.78, 5) is 0. The molecule has 1 aromatic carbocycles. The Balaban J connectivity index is 2.39. The molecule has 4 heteroatoms. The lowest BCUT2D eigenvalue weighted by molar-refractivity contribution is 0.0536. The van der Waals surface area contributed by atoms with Gasteiger partial charge in [-0.1, -0.05) is 12.1 Å². The summed E-state index contributed by atoms with van der Waals surface area (Å²) in [5.74, 6) is 0.665. The number of aryl methyl sites for hydroxylation is 1. The second-order valence-corrected chi connectivity index (χ2v) is 4.18. The summed E-state index contributed by atoms with van der Waals surface area (Å²) in [6, 6.07) is 7.51. The van der Waals surface area contributed by atoms with Crippen molar-refractivity contribution in [1.29, 1.82) is 0 Å². The molecule has 96 valence electrons. The molecule has 0 radical (unpaired) electrons. The third kappa shape index (κ3) is 5.68. The zero-order valence-corrected chi connectivity index (χ0v) is 10.0. The van der Waals surface area contributed by atoms with Gasteiger partial charge in [-0.05, 0) is 37.5 Å². The average Bonchev–Trinajstić information content (AvgIpc) is 2.34. The van der Waals surface area contributed by atoms with Gasteiger partial charge in [-0.3, -0.25) is 0 Å². The van der Waals surface area contributed by atoms with Crippen molar-refractivity contribution in [3.63, 3.8) is 0 Å². The lowest BCUT2D eigenvalue weighted by Gasteiger charge is -2.10. The van der Waals surface area contributed by atoms with Crippen molar-refractivity contribution in [1.82, 2.24) is 0 Å². The first-order chi connectivity index (χ1) is 8.11. The predicted octanol–water partition coefficient (Wildman–Crippen LogP) is 0.732. The minimum atomic E-state index is -0.843. The third-order valence-corrected chi connectivity index (χ3v) is 2.43. The first-order valence-electron chi connectivity index (χ1n) is 5.80. The molecule has 0 fully saturated rings. The maximum Gasteiger partial charge on any atom is 0.119 e. The topological polar surface area (TPSA) is 69.9 Å². The Morgan fingerprint density at radius 2 is 1.82 bits per heavy atom. The molecule has 0 amide bonds. The molecule has 2 atom stereocenters. The second kappa shape index (κ2) is 7.27. The molecule has 0 aliphatic carbocycles. The van der Waals surface area contributed by atoms with Crippen molar-refractivity contribution in [2.75, 3.05) is 13.2 Å². The fraction of sp³-hybridized carbons (Fsp3) is 0.538.